The van der Waals surface area contributed by atoms with Crippen molar-refractivity contribution in [3.05, 3.63) is 68.0 Å². The van der Waals surface area contributed by atoms with E-state index < -0.39 is 6.04 Å². The Balaban J connectivity index is 1.84. The third-order valence-electron chi connectivity index (χ3n) is 6.53. The van der Waals surface area contributed by atoms with E-state index in [1.807, 2.05) is 32.0 Å². The molecule has 0 radical (unpaired) electrons. The highest BCUT2D eigenvalue weighted by Crippen LogP contribution is 2.41. The lowest BCUT2D eigenvalue weighted by Gasteiger charge is -2.26. The van der Waals surface area contributed by atoms with Gasteiger partial charge in [-0.2, -0.15) is 0 Å². The molecule has 1 aromatic heterocycles. The second-order valence-corrected chi connectivity index (χ2v) is 10.1. The first-order valence-electron chi connectivity index (χ1n) is 12.7. The number of methoxy groups -OCH3 is 1. The normalized spacial score (nSPS) is 15.1. The fraction of sp³-hybridized carbons (Fsp3) is 0.448. The van der Waals surface area contributed by atoms with Gasteiger partial charge in [-0.15, -0.1) is 0 Å². The first kappa shape index (κ1) is 27.0. The van der Waals surface area contributed by atoms with Crippen molar-refractivity contribution < 1.29 is 23.4 Å². The zero-order valence-electron chi connectivity index (χ0n) is 22.1. The number of rotatable bonds is 11. The van der Waals surface area contributed by atoms with Crippen LogP contribution in [0, 0.1) is 12.8 Å². The van der Waals surface area contributed by atoms with Gasteiger partial charge in [-0.3, -0.25) is 9.59 Å². The second-order valence-electron chi connectivity index (χ2n) is 9.69. The molecule has 3 aromatic rings. The first-order valence-corrected chi connectivity index (χ1v) is 13.1. The molecule has 1 amide bonds. The molecule has 7 nitrogen and oxygen atoms in total. The van der Waals surface area contributed by atoms with Crippen molar-refractivity contribution in [2.75, 3.05) is 33.5 Å². The van der Waals surface area contributed by atoms with Crippen molar-refractivity contribution in [2.45, 2.75) is 46.6 Å². The van der Waals surface area contributed by atoms with Gasteiger partial charge in [0.1, 0.15) is 5.58 Å². The van der Waals surface area contributed by atoms with Gasteiger partial charge in [-0.05, 0) is 68.0 Å². The third-order valence-corrected chi connectivity index (χ3v) is 6.94. The molecule has 2 heterocycles. The Morgan fingerprint density at radius 2 is 1.86 bits per heavy atom. The highest BCUT2D eigenvalue weighted by molar-refractivity contribution is 6.32. The Kier molecular flexibility index (Phi) is 8.45. The third kappa shape index (κ3) is 5.48. The number of hydrogen-bond acceptors (Lipinski definition) is 6. The quantitative estimate of drug-likeness (QED) is 0.278. The topological polar surface area (TPSA) is 78.2 Å². The van der Waals surface area contributed by atoms with Crippen LogP contribution >= 0.6 is 11.6 Å². The van der Waals surface area contributed by atoms with Gasteiger partial charge < -0.3 is 23.5 Å². The average molecular weight is 528 g/mol. The van der Waals surface area contributed by atoms with Crippen molar-refractivity contribution >= 4 is 28.5 Å². The van der Waals surface area contributed by atoms with Gasteiger partial charge in [0.25, 0.3) is 5.91 Å². The minimum atomic E-state index is -0.635. The summed E-state index contributed by atoms with van der Waals surface area (Å²) in [6, 6.07) is 8.27. The summed E-state index contributed by atoms with van der Waals surface area (Å²) in [6.07, 6.45) is 1.53. The van der Waals surface area contributed by atoms with Crippen molar-refractivity contribution in [1.82, 2.24) is 4.90 Å². The molecule has 0 spiro atoms. The fourth-order valence-electron chi connectivity index (χ4n) is 4.58. The standard InChI is InChI=1S/C29H34ClNO6/c1-6-35-24-15-19(8-9-22(24)36-13-10-17(2)3)26-25-27(32)20-16-21(30)18(4)14-23(20)37-28(25)29(33)31(26)11-7-12-34-5/h8-9,14-17,26H,6-7,10-13H2,1-5H3. The van der Waals surface area contributed by atoms with Gasteiger partial charge in [-0.25, -0.2) is 0 Å². The molecule has 198 valence electrons. The number of ether oxygens (including phenoxy) is 3. The molecule has 0 N–H and O–H groups in total. The predicted molar refractivity (Wildman–Crippen MR) is 144 cm³/mol. The number of halogens is 1. The van der Waals surface area contributed by atoms with Crippen LogP contribution in [-0.4, -0.2) is 44.3 Å². The molecule has 0 bridgehead atoms. The Morgan fingerprint density at radius 1 is 1.08 bits per heavy atom. The Hall–Kier alpha value is -3.03. The number of aryl methyl sites for hydroxylation is 1. The van der Waals surface area contributed by atoms with Crippen LogP contribution in [0.2, 0.25) is 5.02 Å². The minimum absolute atomic E-state index is 0.0665. The maximum absolute atomic E-state index is 13.8. The first-order chi connectivity index (χ1) is 17.8. The van der Waals surface area contributed by atoms with Crippen molar-refractivity contribution in [1.29, 1.82) is 0 Å². The molecule has 2 aromatic carbocycles. The lowest BCUT2D eigenvalue weighted by atomic mass is 9.97. The van der Waals surface area contributed by atoms with Crippen LogP contribution in [0.3, 0.4) is 0 Å². The van der Waals surface area contributed by atoms with Gasteiger partial charge in [-0.1, -0.05) is 31.5 Å². The second kappa shape index (κ2) is 11.6. The number of nitrogens with zero attached hydrogens (tertiary/aromatic N) is 1. The lowest BCUT2D eigenvalue weighted by Crippen LogP contribution is -2.31. The van der Waals surface area contributed by atoms with E-state index in [4.69, 9.17) is 30.2 Å². The number of benzene rings is 2. The maximum Gasteiger partial charge on any atom is 0.290 e. The molecule has 1 aliphatic heterocycles. The highest BCUT2D eigenvalue weighted by Gasteiger charge is 2.42. The monoisotopic (exact) mass is 527 g/mol. The summed E-state index contributed by atoms with van der Waals surface area (Å²) in [4.78, 5) is 29.0. The zero-order valence-corrected chi connectivity index (χ0v) is 22.8. The summed E-state index contributed by atoms with van der Waals surface area (Å²) >= 11 is 6.34. The number of carbonyl (C=O) groups is 1. The highest BCUT2D eigenvalue weighted by atomic mass is 35.5. The number of fused-ring (bicyclic) bond motifs is 2. The van der Waals surface area contributed by atoms with Gasteiger partial charge in [0, 0.05) is 25.3 Å². The Morgan fingerprint density at radius 3 is 2.57 bits per heavy atom. The molecule has 4 rings (SSSR count). The molecule has 0 fully saturated rings. The molecular weight excluding hydrogens is 494 g/mol. The molecule has 0 aliphatic carbocycles. The van der Waals surface area contributed by atoms with Crippen LogP contribution in [-0.2, 0) is 4.74 Å². The number of amides is 1. The summed E-state index contributed by atoms with van der Waals surface area (Å²) < 4.78 is 23.2. The van der Waals surface area contributed by atoms with Crippen LogP contribution in [0.4, 0.5) is 0 Å². The number of carbonyl (C=O) groups excluding carboxylic acids is 1. The largest absolute Gasteiger partial charge is 0.490 e. The van der Waals surface area contributed by atoms with Crippen LogP contribution in [0.25, 0.3) is 11.0 Å². The molecule has 0 saturated heterocycles. The molecule has 37 heavy (non-hydrogen) atoms. The fourth-order valence-corrected chi connectivity index (χ4v) is 4.75. The predicted octanol–water partition coefficient (Wildman–Crippen LogP) is 6.16. The van der Waals surface area contributed by atoms with E-state index in [0.717, 1.165) is 17.5 Å². The minimum Gasteiger partial charge on any atom is -0.490 e. The smallest absolute Gasteiger partial charge is 0.290 e. The van der Waals surface area contributed by atoms with Gasteiger partial charge in [0.2, 0.25) is 5.76 Å². The summed E-state index contributed by atoms with van der Waals surface area (Å²) in [7, 11) is 1.62. The van der Waals surface area contributed by atoms with Gasteiger partial charge in [0.15, 0.2) is 16.9 Å². The van der Waals surface area contributed by atoms with Crippen LogP contribution in [0.5, 0.6) is 11.5 Å². The van der Waals surface area contributed by atoms with E-state index >= 15 is 0 Å². The van der Waals surface area contributed by atoms with Crippen LogP contribution in [0.15, 0.2) is 39.5 Å². The van der Waals surface area contributed by atoms with Gasteiger partial charge in [0.05, 0.1) is 30.2 Å². The average Bonchev–Trinajstić information content (AvgIpc) is 3.13. The zero-order chi connectivity index (χ0) is 26.7. The van der Waals surface area contributed by atoms with Crippen LogP contribution in [0.1, 0.15) is 66.9 Å². The lowest BCUT2D eigenvalue weighted by molar-refractivity contribution is 0.0707. The van der Waals surface area contributed by atoms with Crippen molar-refractivity contribution in [3.63, 3.8) is 0 Å². The van der Waals surface area contributed by atoms with E-state index in [2.05, 4.69) is 13.8 Å². The Labute approximate surface area is 222 Å². The SMILES string of the molecule is CCOc1cc(C2c3c(oc4cc(C)c(Cl)cc4c3=O)C(=O)N2CCCOC)ccc1OCCC(C)C. The molecule has 1 aliphatic rings. The van der Waals surface area contributed by atoms with Crippen LogP contribution < -0.4 is 14.9 Å². The van der Waals surface area contributed by atoms with E-state index in [0.29, 0.717) is 71.8 Å². The van der Waals surface area contributed by atoms with Gasteiger partial charge >= 0.3 is 0 Å². The number of hydrogen-bond donors (Lipinski definition) is 0. The summed E-state index contributed by atoms with van der Waals surface area (Å²) in [6.45, 7) is 9.93. The summed E-state index contributed by atoms with van der Waals surface area (Å²) in [5.41, 5.74) is 1.91. The molecular formula is C29H34ClNO6. The maximum atomic E-state index is 13.8. The van der Waals surface area contributed by atoms with E-state index in [1.165, 1.54) is 0 Å². The summed E-state index contributed by atoms with van der Waals surface area (Å²) in [5.74, 6) is 1.47. The molecule has 1 unspecified atom stereocenters. The van der Waals surface area contributed by atoms with E-state index in [1.54, 1.807) is 24.1 Å². The van der Waals surface area contributed by atoms with Crippen molar-refractivity contribution in [3.8, 4) is 11.5 Å². The van der Waals surface area contributed by atoms with E-state index in [9.17, 15) is 9.59 Å². The molecule has 1 atom stereocenters. The summed E-state index contributed by atoms with van der Waals surface area (Å²) in [5, 5.41) is 0.823. The Bertz CT molecular complexity index is 1350. The molecule has 8 heteroatoms. The molecule has 0 saturated carbocycles. The van der Waals surface area contributed by atoms with E-state index in [-0.39, 0.29) is 17.1 Å². The van der Waals surface area contributed by atoms with Crippen molar-refractivity contribution in [2.24, 2.45) is 5.92 Å².